The molecule has 0 heterocycles. The number of hydrogen-bond acceptors (Lipinski definition) is 0. The van der Waals surface area contributed by atoms with Gasteiger partial charge in [-0.25, -0.2) is 11.6 Å². The van der Waals surface area contributed by atoms with Gasteiger partial charge in [0.2, 0.25) is 0 Å². The van der Waals surface area contributed by atoms with E-state index in [0.717, 1.165) is 6.42 Å². The van der Waals surface area contributed by atoms with Crippen LogP contribution < -0.4 is 24.8 Å². The normalized spacial score (nSPS) is 12.3. The van der Waals surface area contributed by atoms with Crippen LogP contribution in [0.25, 0.3) is 0 Å². The van der Waals surface area contributed by atoms with E-state index in [-0.39, 0.29) is 44.6 Å². The number of hydrogen-bond donors (Lipinski definition) is 0. The molecule has 0 aliphatic heterocycles. The maximum atomic E-state index is 3.12. The molecule has 0 nitrogen and oxygen atoms in total. The zero-order chi connectivity index (χ0) is 4.41. The van der Waals surface area contributed by atoms with Gasteiger partial charge in [-0.2, -0.15) is 6.08 Å². The minimum absolute atomic E-state index is 0. The average molecular weight is 340 g/mol. The van der Waals surface area contributed by atoms with Crippen LogP contribution in [0.1, 0.15) is 13.3 Å². The van der Waals surface area contributed by atoms with Crippen molar-refractivity contribution < 1.29 is 44.6 Å². The van der Waals surface area contributed by atoms with Crippen LogP contribution in [0.5, 0.6) is 0 Å². The van der Waals surface area contributed by atoms with Gasteiger partial charge in [0.15, 0.2) is 0 Å². The number of halogens is 2. The van der Waals surface area contributed by atoms with Crippen LogP contribution in [0.3, 0.4) is 0 Å². The fraction of sp³-hybridized carbons (Fsp3) is 0.333. The molecule has 0 aromatic heterocycles. The third-order valence-electron chi connectivity index (χ3n) is 0.867. The molecular weight excluding hydrogens is 333 g/mol. The van der Waals surface area contributed by atoms with Crippen LogP contribution in [-0.4, -0.2) is 0 Å². The Balaban J connectivity index is -0.000000120. The molecule has 54 valence electrons. The molecule has 0 unspecified atom stereocenters. The van der Waals surface area contributed by atoms with E-state index in [1.54, 1.807) is 0 Å². The minimum Gasteiger partial charge on any atom is -1.00 e. The molecule has 1 aliphatic carbocycles. The molecule has 0 saturated heterocycles. The van der Waals surface area contributed by atoms with Crippen molar-refractivity contribution in [1.29, 1.82) is 0 Å². The quantitative estimate of drug-likeness (QED) is 0.392. The Labute approximate surface area is 81.7 Å². The van der Waals surface area contributed by atoms with E-state index in [2.05, 4.69) is 25.2 Å². The van der Waals surface area contributed by atoms with E-state index < -0.39 is 0 Å². The Hall–Kier alpha value is 0.696. The smallest absolute Gasteiger partial charge is 1.00 e. The predicted molar refractivity (Wildman–Crippen MR) is 26.2 cm³/mol. The van der Waals surface area contributed by atoms with Crippen LogP contribution in [-0.2, 0) is 19.8 Å². The van der Waals surface area contributed by atoms with Gasteiger partial charge in [0.05, 0.1) is 0 Å². The van der Waals surface area contributed by atoms with Crippen LogP contribution in [0.15, 0.2) is 17.7 Å². The van der Waals surface area contributed by atoms with E-state index >= 15 is 0 Å². The summed E-state index contributed by atoms with van der Waals surface area (Å²) in [6.07, 6.45) is 8.33. The Morgan fingerprint density at radius 2 is 2.00 bits per heavy atom. The maximum absolute atomic E-state index is 3.12. The monoisotopic (exact) mass is 341 g/mol. The summed E-state index contributed by atoms with van der Waals surface area (Å²) in [6, 6.07) is 0. The Kier molecular flexibility index (Phi) is 15.8. The summed E-state index contributed by atoms with van der Waals surface area (Å²) in [4.78, 5) is 0. The van der Waals surface area contributed by atoms with E-state index in [4.69, 9.17) is 0 Å². The second-order valence-electron chi connectivity index (χ2n) is 1.47. The summed E-state index contributed by atoms with van der Waals surface area (Å²) < 4.78 is 0. The Morgan fingerprint density at radius 1 is 1.44 bits per heavy atom. The van der Waals surface area contributed by atoms with Gasteiger partial charge in [-0.05, 0) is 0 Å². The summed E-state index contributed by atoms with van der Waals surface area (Å²) >= 11 is 0. The van der Waals surface area contributed by atoms with Gasteiger partial charge in [-0.3, -0.25) is 6.08 Å². The van der Waals surface area contributed by atoms with Gasteiger partial charge in [-0.15, -0.1) is 6.42 Å². The standard InChI is InChI=1S/C6H7.2ClH.Os/c1-6-4-2-3-5-6;;;/h2,4H,3H2,1H3;2*1H;/q-1;;;+2/p-2. The molecule has 0 radical (unpaired) electrons. The van der Waals surface area contributed by atoms with E-state index in [0.29, 0.717) is 0 Å². The van der Waals surface area contributed by atoms with Crippen LogP contribution in [0, 0.1) is 6.08 Å². The van der Waals surface area contributed by atoms with E-state index in [1.165, 1.54) is 5.57 Å². The molecule has 0 spiro atoms. The first kappa shape index (κ1) is 16.4. The van der Waals surface area contributed by atoms with Crippen molar-refractivity contribution >= 4 is 0 Å². The molecule has 0 aromatic rings. The summed E-state index contributed by atoms with van der Waals surface area (Å²) in [5.74, 6) is 0. The maximum Gasteiger partial charge on any atom is 2.00 e. The molecule has 0 aromatic carbocycles. The van der Waals surface area contributed by atoms with Crippen molar-refractivity contribution in [1.82, 2.24) is 0 Å². The fourth-order valence-electron chi connectivity index (χ4n) is 0.515. The molecule has 0 atom stereocenters. The SMILES string of the molecule is CC1=[C-]CC=C1.[Cl-].[Cl-].[Os+2]. The van der Waals surface area contributed by atoms with Gasteiger partial charge in [0.1, 0.15) is 0 Å². The third-order valence-corrected chi connectivity index (χ3v) is 0.867. The molecule has 0 bridgehead atoms. The molecular formula is C6H7Cl2Os-. The van der Waals surface area contributed by atoms with Crippen molar-refractivity contribution in [2.75, 3.05) is 0 Å². The summed E-state index contributed by atoms with van der Waals surface area (Å²) in [5, 5.41) is 0. The molecule has 0 amide bonds. The van der Waals surface area contributed by atoms with Crippen LogP contribution in [0.4, 0.5) is 0 Å². The van der Waals surface area contributed by atoms with E-state index in [1.807, 2.05) is 0 Å². The molecule has 0 fully saturated rings. The predicted octanol–water partition coefficient (Wildman–Crippen LogP) is -4.30. The summed E-state index contributed by atoms with van der Waals surface area (Å²) in [6.45, 7) is 2.06. The first-order valence-corrected chi connectivity index (χ1v) is 2.13. The van der Waals surface area contributed by atoms with Crippen molar-refractivity contribution in [2.24, 2.45) is 0 Å². The van der Waals surface area contributed by atoms with Crippen LogP contribution in [0.2, 0.25) is 0 Å². The molecule has 1 aliphatic rings. The largest absolute Gasteiger partial charge is 2.00 e. The number of allylic oxidation sites excluding steroid dienone is 4. The summed E-state index contributed by atoms with van der Waals surface area (Å²) in [7, 11) is 0. The topological polar surface area (TPSA) is 0 Å². The van der Waals surface area contributed by atoms with Crippen molar-refractivity contribution in [3.05, 3.63) is 23.8 Å². The third kappa shape index (κ3) is 6.58. The molecule has 0 N–H and O–H groups in total. The van der Waals surface area contributed by atoms with Gasteiger partial charge in [0, 0.05) is 0 Å². The van der Waals surface area contributed by atoms with Gasteiger partial charge >= 0.3 is 19.8 Å². The van der Waals surface area contributed by atoms with Crippen molar-refractivity contribution in [3.63, 3.8) is 0 Å². The van der Waals surface area contributed by atoms with Crippen LogP contribution >= 0.6 is 0 Å². The second kappa shape index (κ2) is 8.70. The molecule has 9 heavy (non-hydrogen) atoms. The Bertz CT molecular complexity index is 105. The van der Waals surface area contributed by atoms with Gasteiger partial charge in [-0.1, -0.05) is 6.92 Å². The Morgan fingerprint density at radius 3 is 2.11 bits per heavy atom. The average Bonchev–Trinajstić information content (AvgIpc) is 1.86. The van der Waals surface area contributed by atoms with E-state index in [9.17, 15) is 0 Å². The zero-order valence-electron chi connectivity index (χ0n) is 4.97. The van der Waals surface area contributed by atoms with Crippen molar-refractivity contribution in [3.8, 4) is 0 Å². The molecule has 1 rings (SSSR count). The second-order valence-corrected chi connectivity index (χ2v) is 1.47. The molecule has 0 saturated carbocycles. The van der Waals surface area contributed by atoms with Crippen molar-refractivity contribution in [2.45, 2.75) is 13.3 Å². The van der Waals surface area contributed by atoms with Gasteiger partial charge in [0.25, 0.3) is 0 Å². The first-order chi connectivity index (χ1) is 2.89. The molecule has 3 heteroatoms. The minimum atomic E-state index is 0. The fourth-order valence-corrected chi connectivity index (χ4v) is 0.515. The zero-order valence-corrected chi connectivity index (χ0v) is 9.02. The number of rotatable bonds is 0. The summed E-state index contributed by atoms with van der Waals surface area (Å²) in [5.41, 5.74) is 1.27. The van der Waals surface area contributed by atoms with Gasteiger partial charge < -0.3 is 24.8 Å². The first-order valence-electron chi connectivity index (χ1n) is 2.13.